The molecule has 19 heavy (non-hydrogen) atoms. The van der Waals surface area contributed by atoms with E-state index >= 15 is 0 Å². The molecule has 0 aliphatic rings. The van der Waals surface area contributed by atoms with E-state index in [1.807, 2.05) is 0 Å². The van der Waals surface area contributed by atoms with Crippen LogP contribution in [0.1, 0.15) is 46.0 Å². The lowest BCUT2D eigenvalue weighted by Gasteiger charge is -2.33. The van der Waals surface area contributed by atoms with E-state index in [1.165, 1.54) is 30.9 Å². The van der Waals surface area contributed by atoms with Gasteiger partial charge in [-0.2, -0.15) is 0 Å². The summed E-state index contributed by atoms with van der Waals surface area (Å²) in [5.41, 5.74) is 0.582. The predicted molar refractivity (Wildman–Crippen MR) is 86.7 cm³/mol. The lowest BCUT2D eigenvalue weighted by atomic mass is 10.1. The fourth-order valence-electron chi connectivity index (χ4n) is 2.81. The third-order valence-corrected chi connectivity index (χ3v) is 8.58. The fourth-order valence-corrected chi connectivity index (χ4v) is 6.06. The largest absolute Gasteiger partial charge is 0.300 e. The van der Waals surface area contributed by atoms with Crippen molar-refractivity contribution in [3.63, 3.8) is 0 Å². The Morgan fingerprint density at radius 2 is 1.79 bits per heavy atom. The van der Waals surface area contributed by atoms with E-state index in [4.69, 9.17) is 0 Å². The molecule has 0 amide bonds. The Hall–Kier alpha value is -0.893. The van der Waals surface area contributed by atoms with Crippen molar-refractivity contribution in [2.24, 2.45) is 0 Å². The van der Waals surface area contributed by atoms with Gasteiger partial charge in [0.05, 0.1) is 8.07 Å². The molecule has 0 saturated heterocycles. The van der Waals surface area contributed by atoms with Crippen LogP contribution in [0.2, 0.25) is 18.6 Å². The quantitative estimate of drug-likeness (QED) is 0.503. The second-order valence-electron chi connectivity index (χ2n) is 6.19. The highest BCUT2D eigenvalue weighted by Crippen LogP contribution is 2.31. The highest BCUT2D eigenvalue weighted by molar-refractivity contribution is 6.91. The number of benzene rings is 1. The van der Waals surface area contributed by atoms with E-state index in [0.717, 1.165) is 6.42 Å². The average molecular weight is 276 g/mol. The second kappa shape index (κ2) is 7.64. The van der Waals surface area contributed by atoms with Crippen LogP contribution in [0.15, 0.2) is 30.3 Å². The molecule has 1 nitrogen and oxygen atoms in total. The van der Waals surface area contributed by atoms with Crippen LogP contribution in [0.25, 0.3) is 0 Å². The van der Waals surface area contributed by atoms with E-state index in [1.54, 1.807) is 6.92 Å². The van der Waals surface area contributed by atoms with Gasteiger partial charge in [0, 0.05) is 6.42 Å². The van der Waals surface area contributed by atoms with Crippen molar-refractivity contribution in [1.82, 2.24) is 0 Å². The van der Waals surface area contributed by atoms with Crippen LogP contribution in [0, 0.1) is 0 Å². The smallest absolute Gasteiger partial charge is 0.129 e. The summed E-state index contributed by atoms with van der Waals surface area (Å²) in [5.74, 6) is 0.345. The molecule has 0 radical (unpaired) electrons. The first-order chi connectivity index (χ1) is 8.98. The van der Waals surface area contributed by atoms with Gasteiger partial charge in [-0.15, -0.1) is 0 Å². The molecule has 0 N–H and O–H groups in total. The summed E-state index contributed by atoms with van der Waals surface area (Å²) >= 11 is 0. The summed E-state index contributed by atoms with van der Waals surface area (Å²) in [6.45, 7) is 8.81. The van der Waals surface area contributed by atoms with E-state index in [0.29, 0.717) is 11.3 Å². The Morgan fingerprint density at radius 1 is 1.16 bits per heavy atom. The highest BCUT2D eigenvalue weighted by atomic mass is 28.3. The Balaban J connectivity index is 2.85. The summed E-state index contributed by atoms with van der Waals surface area (Å²) in [4.78, 5) is 11.6. The molecule has 0 bridgehead atoms. The van der Waals surface area contributed by atoms with Gasteiger partial charge in [-0.1, -0.05) is 81.2 Å². The minimum absolute atomic E-state index is 0.345. The molecule has 0 spiro atoms. The van der Waals surface area contributed by atoms with Crippen molar-refractivity contribution in [3.05, 3.63) is 30.3 Å². The molecule has 0 saturated carbocycles. The number of ketones is 1. The van der Waals surface area contributed by atoms with Crippen LogP contribution >= 0.6 is 0 Å². The summed E-state index contributed by atoms with van der Waals surface area (Å²) in [7, 11) is -1.54. The zero-order valence-corrected chi connectivity index (χ0v) is 13.9. The SMILES string of the molecule is CCCCC[C@@H](CC(C)=O)[Si](C)(C)c1ccccc1. The van der Waals surface area contributed by atoms with Crippen molar-refractivity contribution in [3.8, 4) is 0 Å². The van der Waals surface area contributed by atoms with Gasteiger partial charge in [0.25, 0.3) is 0 Å². The molecule has 0 aromatic heterocycles. The monoisotopic (exact) mass is 276 g/mol. The number of unbranched alkanes of at least 4 members (excludes halogenated alkanes) is 2. The van der Waals surface area contributed by atoms with Gasteiger partial charge >= 0.3 is 0 Å². The Kier molecular flexibility index (Phi) is 6.50. The summed E-state index contributed by atoms with van der Waals surface area (Å²) < 4.78 is 0. The maximum Gasteiger partial charge on any atom is 0.129 e. The lowest BCUT2D eigenvalue weighted by molar-refractivity contribution is -0.117. The molecule has 1 aromatic carbocycles. The number of rotatable bonds is 8. The van der Waals surface area contributed by atoms with Gasteiger partial charge in [-0.05, 0) is 12.5 Å². The van der Waals surface area contributed by atoms with Gasteiger partial charge in [-0.3, -0.25) is 0 Å². The normalized spacial score (nSPS) is 13.3. The molecule has 1 atom stereocenters. The van der Waals surface area contributed by atoms with E-state index in [2.05, 4.69) is 50.3 Å². The third-order valence-electron chi connectivity index (χ3n) is 4.23. The number of carbonyl (C=O) groups is 1. The van der Waals surface area contributed by atoms with Crippen LogP contribution in [-0.2, 0) is 4.79 Å². The highest BCUT2D eigenvalue weighted by Gasteiger charge is 2.33. The molecule has 0 fully saturated rings. The van der Waals surface area contributed by atoms with E-state index in [-0.39, 0.29) is 0 Å². The van der Waals surface area contributed by atoms with Crippen molar-refractivity contribution < 1.29 is 4.79 Å². The Bertz CT molecular complexity index is 384. The van der Waals surface area contributed by atoms with E-state index < -0.39 is 8.07 Å². The predicted octanol–water partition coefficient (Wildman–Crippen LogP) is 4.53. The van der Waals surface area contributed by atoms with Crippen LogP contribution < -0.4 is 5.19 Å². The molecule has 0 heterocycles. The minimum atomic E-state index is -1.54. The fraction of sp³-hybridized carbons (Fsp3) is 0.588. The topological polar surface area (TPSA) is 17.1 Å². The molecule has 2 heteroatoms. The zero-order chi connectivity index (χ0) is 14.3. The first kappa shape index (κ1) is 16.2. The first-order valence-corrected chi connectivity index (χ1v) is 10.6. The lowest BCUT2D eigenvalue weighted by Crippen LogP contribution is -2.46. The molecule has 0 aliphatic heterocycles. The third kappa shape index (κ3) is 4.94. The van der Waals surface area contributed by atoms with Gasteiger partial charge in [-0.25, -0.2) is 0 Å². The molecular weight excluding hydrogens is 248 g/mol. The minimum Gasteiger partial charge on any atom is -0.300 e. The average Bonchev–Trinajstić information content (AvgIpc) is 2.38. The summed E-state index contributed by atoms with van der Waals surface area (Å²) in [5, 5.41) is 1.48. The maximum atomic E-state index is 11.6. The number of hydrogen-bond donors (Lipinski definition) is 0. The number of Topliss-reactive ketones (excluding diaryl/α,β-unsaturated/α-hetero) is 1. The zero-order valence-electron chi connectivity index (χ0n) is 12.9. The molecule has 1 rings (SSSR count). The van der Waals surface area contributed by atoms with Crippen LogP contribution in [0.3, 0.4) is 0 Å². The molecular formula is C17H28OSi. The summed E-state index contributed by atoms with van der Waals surface area (Å²) in [6.07, 6.45) is 5.77. The van der Waals surface area contributed by atoms with Crippen molar-refractivity contribution in [2.45, 2.75) is 64.6 Å². The standard InChI is InChI=1S/C17H28OSi/c1-5-6-8-13-17(14-15(2)18)19(3,4)16-11-9-7-10-12-16/h7,9-12,17H,5-6,8,13-14H2,1-4H3/t17-/m0/s1. The molecule has 106 valence electrons. The van der Waals surface area contributed by atoms with Crippen LogP contribution in [-0.4, -0.2) is 13.9 Å². The van der Waals surface area contributed by atoms with Crippen molar-refractivity contribution in [1.29, 1.82) is 0 Å². The summed E-state index contributed by atoms with van der Waals surface area (Å²) in [6, 6.07) is 10.8. The number of carbonyl (C=O) groups excluding carboxylic acids is 1. The van der Waals surface area contributed by atoms with E-state index in [9.17, 15) is 4.79 Å². The Morgan fingerprint density at radius 3 is 2.32 bits per heavy atom. The van der Waals surface area contributed by atoms with Crippen molar-refractivity contribution in [2.75, 3.05) is 0 Å². The van der Waals surface area contributed by atoms with Crippen LogP contribution in [0.4, 0.5) is 0 Å². The van der Waals surface area contributed by atoms with Gasteiger partial charge in [0.1, 0.15) is 5.78 Å². The first-order valence-electron chi connectivity index (χ1n) is 7.53. The Labute approximate surface area is 119 Å². The maximum absolute atomic E-state index is 11.6. The molecule has 1 aromatic rings. The van der Waals surface area contributed by atoms with Crippen molar-refractivity contribution >= 4 is 19.0 Å². The van der Waals surface area contributed by atoms with Gasteiger partial charge in [0.2, 0.25) is 0 Å². The van der Waals surface area contributed by atoms with Gasteiger partial charge in [0.15, 0.2) is 0 Å². The molecule has 0 unspecified atom stereocenters. The van der Waals surface area contributed by atoms with Crippen LogP contribution in [0.5, 0.6) is 0 Å². The molecule has 0 aliphatic carbocycles. The number of hydrogen-bond acceptors (Lipinski definition) is 1. The van der Waals surface area contributed by atoms with Gasteiger partial charge < -0.3 is 4.79 Å². The second-order valence-corrected chi connectivity index (χ2v) is 11.0.